The third-order valence-electron chi connectivity index (χ3n) is 5.33. The van der Waals surface area contributed by atoms with Crippen molar-refractivity contribution < 1.29 is 4.79 Å². The summed E-state index contributed by atoms with van der Waals surface area (Å²) in [4.78, 5) is 22.2. The zero-order valence-electron chi connectivity index (χ0n) is 15.1. The molecule has 0 unspecified atom stereocenters. The van der Waals surface area contributed by atoms with Crippen LogP contribution in [0.15, 0.2) is 43.0 Å². The Hall–Kier alpha value is -2.60. The van der Waals surface area contributed by atoms with Crippen molar-refractivity contribution in [3.63, 3.8) is 0 Å². The van der Waals surface area contributed by atoms with E-state index < -0.39 is 0 Å². The molecule has 3 N–H and O–H groups in total. The van der Waals surface area contributed by atoms with E-state index in [0.29, 0.717) is 19.5 Å². The molecular weight excluding hydrogens is 326 g/mol. The first-order valence-corrected chi connectivity index (χ1v) is 9.18. The van der Waals surface area contributed by atoms with Gasteiger partial charge in [-0.25, -0.2) is 4.98 Å². The first-order valence-electron chi connectivity index (χ1n) is 9.18. The van der Waals surface area contributed by atoms with E-state index in [2.05, 4.69) is 28.3 Å². The molecule has 0 spiro atoms. The maximum absolute atomic E-state index is 12.6. The van der Waals surface area contributed by atoms with Crippen molar-refractivity contribution in [1.29, 1.82) is 0 Å². The number of nitrogens with one attached hydrogen (secondary N) is 1. The summed E-state index contributed by atoms with van der Waals surface area (Å²) >= 11 is 0. The molecule has 3 heterocycles. The smallest absolute Gasteiger partial charge is 0.222 e. The number of aromatic amines is 1. The number of benzene rings is 1. The van der Waals surface area contributed by atoms with Crippen LogP contribution in [0.1, 0.15) is 30.0 Å². The highest BCUT2D eigenvalue weighted by Crippen LogP contribution is 2.26. The van der Waals surface area contributed by atoms with E-state index in [0.717, 1.165) is 24.1 Å². The molecule has 1 fully saturated rings. The number of carbonyl (C=O) groups is 1. The Balaban J connectivity index is 1.32. The average Bonchev–Trinajstić information content (AvgIpc) is 3.34. The Morgan fingerprint density at radius 2 is 2.19 bits per heavy atom. The lowest BCUT2D eigenvalue weighted by molar-refractivity contribution is -0.130. The Bertz CT molecular complexity index is 912. The zero-order valence-corrected chi connectivity index (χ0v) is 15.1. The van der Waals surface area contributed by atoms with Crippen LogP contribution < -0.4 is 5.73 Å². The third kappa shape index (κ3) is 3.24. The number of carbonyl (C=O) groups excluding carboxylic acids is 1. The van der Waals surface area contributed by atoms with Gasteiger partial charge in [-0.15, -0.1) is 0 Å². The van der Waals surface area contributed by atoms with Crippen molar-refractivity contribution in [2.45, 2.75) is 31.2 Å². The van der Waals surface area contributed by atoms with Gasteiger partial charge in [-0.05, 0) is 24.5 Å². The molecule has 6 heteroatoms. The first-order chi connectivity index (χ1) is 12.6. The number of aryl methyl sites for hydroxylation is 2. The van der Waals surface area contributed by atoms with Crippen LogP contribution in [0.3, 0.4) is 0 Å². The first kappa shape index (κ1) is 16.8. The zero-order chi connectivity index (χ0) is 18.1. The number of rotatable bonds is 5. The number of nitrogens with zero attached hydrogens (tertiary/aromatic N) is 3. The molecule has 1 amide bonds. The van der Waals surface area contributed by atoms with E-state index in [4.69, 9.17) is 5.73 Å². The Morgan fingerprint density at radius 1 is 1.35 bits per heavy atom. The van der Waals surface area contributed by atoms with E-state index in [1.165, 1.54) is 10.9 Å². The standard InChI is InChI=1S/C20H25N5O/c1-24-12-19(23-13-24)16-10-25(11-17(16)21)20(26)8-4-5-14-9-22-18-7-3-2-6-15(14)18/h2-3,6-7,9,12-13,16-17,22H,4-5,8,10-11,21H2,1H3/t16-,17-/m1/s1. The van der Waals surface area contributed by atoms with Gasteiger partial charge in [0, 0.05) is 61.8 Å². The molecule has 26 heavy (non-hydrogen) atoms. The monoisotopic (exact) mass is 351 g/mol. The molecule has 0 aliphatic carbocycles. The van der Waals surface area contributed by atoms with Gasteiger partial charge in [0.15, 0.2) is 0 Å². The van der Waals surface area contributed by atoms with E-state index in [1.807, 2.05) is 34.8 Å². The fraction of sp³-hybridized carbons (Fsp3) is 0.400. The summed E-state index contributed by atoms with van der Waals surface area (Å²) in [7, 11) is 1.95. The number of para-hydroxylation sites is 1. The number of nitrogens with two attached hydrogens (primary N) is 1. The SMILES string of the molecule is Cn1cnc([C@@H]2CN(C(=O)CCCc3c[nH]c4ccccc34)C[C@H]2N)c1. The summed E-state index contributed by atoms with van der Waals surface area (Å²) in [5.41, 5.74) is 9.68. The maximum atomic E-state index is 12.6. The molecule has 1 saturated heterocycles. The van der Waals surface area contributed by atoms with Gasteiger partial charge in [-0.1, -0.05) is 18.2 Å². The van der Waals surface area contributed by atoms with Crippen LogP contribution >= 0.6 is 0 Å². The number of likely N-dealkylation sites (tertiary alicyclic amines) is 1. The fourth-order valence-corrected chi connectivity index (χ4v) is 3.90. The predicted molar refractivity (Wildman–Crippen MR) is 102 cm³/mol. The lowest BCUT2D eigenvalue weighted by Crippen LogP contribution is -2.32. The molecule has 6 nitrogen and oxygen atoms in total. The summed E-state index contributed by atoms with van der Waals surface area (Å²) in [5, 5.41) is 1.25. The molecule has 0 radical (unpaired) electrons. The topological polar surface area (TPSA) is 79.9 Å². The molecule has 1 aliphatic heterocycles. The molecular formula is C20H25N5O. The number of aromatic nitrogens is 3. The van der Waals surface area contributed by atoms with Crippen LogP contribution in [0.2, 0.25) is 0 Å². The van der Waals surface area contributed by atoms with E-state index in [9.17, 15) is 4.79 Å². The van der Waals surface area contributed by atoms with Gasteiger partial charge in [-0.3, -0.25) is 4.79 Å². The predicted octanol–water partition coefficient (Wildman–Crippen LogP) is 2.18. The molecule has 2 aromatic heterocycles. The molecule has 2 atom stereocenters. The number of hydrogen-bond acceptors (Lipinski definition) is 3. The van der Waals surface area contributed by atoms with Crippen molar-refractivity contribution in [2.24, 2.45) is 12.8 Å². The lowest BCUT2D eigenvalue weighted by atomic mass is 10.0. The molecule has 0 saturated carbocycles. The second-order valence-corrected chi connectivity index (χ2v) is 7.25. The third-order valence-corrected chi connectivity index (χ3v) is 5.33. The number of amides is 1. The van der Waals surface area contributed by atoms with E-state index >= 15 is 0 Å². The summed E-state index contributed by atoms with van der Waals surface area (Å²) in [6, 6.07) is 8.24. The van der Waals surface area contributed by atoms with Gasteiger partial charge in [0.1, 0.15) is 0 Å². The van der Waals surface area contributed by atoms with Crippen molar-refractivity contribution in [2.75, 3.05) is 13.1 Å². The second kappa shape index (κ2) is 6.96. The van der Waals surface area contributed by atoms with Gasteiger partial charge < -0.3 is 20.2 Å². The summed E-state index contributed by atoms with van der Waals surface area (Å²) in [6.07, 6.45) is 8.14. The minimum atomic E-state index is -0.0394. The number of H-pyrrole nitrogens is 1. The van der Waals surface area contributed by atoms with Crippen LogP contribution in [-0.4, -0.2) is 44.5 Å². The van der Waals surface area contributed by atoms with Crippen molar-refractivity contribution in [3.05, 3.63) is 54.2 Å². The van der Waals surface area contributed by atoms with Crippen LogP contribution in [0.5, 0.6) is 0 Å². The fourth-order valence-electron chi connectivity index (χ4n) is 3.90. The minimum absolute atomic E-state index is 0.0394. The highest BCUT2D eigenvalue weighted by Gasteiger charge is 2.34. The molecule has 1 aliphatic rings. The average molecular weight is 351 g/mol. The van der Waals surface area contributed by atoms with Gasteiger partial charge in [0.05, 0.1) is 12.0 Å². The van der Waals surface area contributed by atoms with Gasteiger partial charge >= 0.3 is 0 Å². The van der Waals surface area contributed by atoms with Gasteiger partial charge in [-0.2, -0.15) is 0 Å². The van der Waals surface area contributed by atoms with Crippen LogP contribution in [-0.2, 0) is 18.3 Å². The Labute approximate surface area is 153 Å². The van der Waals surface area contributed by atoms with Gasteiger partial charge in [0.2, 0.25) is 5.91 Å². The second-order valence-electron chi connectivity index (χ2n) is 7.25. The Morgan fingerprint density at radius 3 is 3.00 bits per heavy atom. The summed E-state index contributed by atoms with van der Waals surface area (Å²) in [5.74, 6) is 0.326. The quantitative estimate of drug-likeness (QED) is 0.739. The number of fused-ring (bicyclic) bond motifs is 1. The van der Waals surface area contributed by atoms with Gasteiger partial charge in [0.25, 0.3) is 0 Å². The molecule has 4 rings (SSSR count). The van der Waals surface area contributed by atoms with Crippen molar-refractivity contribution in [1.82, 2.24) is 19.4 Å². The molecule has 136 valence electrons. The largest absolute Gasteiger partial charge is 0.361 e. The van der Waals surface area contributed by atoms with Crippen molar-refractivity contribution >= 4 is 16.8 Å². The molecule has 0 bridgehead atoms. The number of hydrogen-bond donors (Lipinski definition) is 2. The van der Waals surface area contributed by atoms with E-state index in [-0.39, 0.29) is 17.9 Å². The maximum Gasteiger partial charge on any atom is 0.222 e. The number of imidazole rings is 1. The van der Waals surface area contributed by atoms with E-state index in [1.54, 1.807) is 6.33 Å². The molecule has 1 aromatic carbocycles. The Kier molecular flexibility index (Phi) is 4.51. The normalized spacial score (nSPS) is 20.2. The highest BCUT2D eigenvalue weighted by atomic mass is 16.2. The van der Waals surface area contributed by atoms with Crippen molar-refractivity contribution in [3.8, 4) is 0 Å². The lowest BCUT2D eigenvalue weighted by Gasteiger charge is -2.15. The molecule has 3 aromatic rings. The van der Waals surface area contributed by atoms with Crippen LogP contribution in [0.25, 0.3) is 10.9 Å². The highest BCUT2D eigenvalue weighted by molar-refractivity contribution is 5.83. The summed E-state index contributed by atoms with van der Waals surface area (Å²) < 4.78 is 1.92. The van der Waals surface area contributed by atoms with Crippen LogP contribution in [0, 0.1) is 0 Å². The van der Waals surface area contributed by atoms with Crippen LogP contribution in [0.4, 0.5) is 0 Å². The summed E-state index contributed by atoms with van der Waals surface area (Å²) in [6.45, 7) is 1.29. The minimum Gasteiger partial charge on any atom is -0.361 e.